The smallest absolute Gasteiger partial charge is 0.118 e. The topological polar surface area (TPSA) is 9.23 Å². The van der Waals surface area contributed by atoms with Gasteiger partial charge in [0.25, 0.3) is 0 Å². The molecule has 90 valence electrons. The summed E-state index contributed by atoms with van der Waals surface area (Å²) in [7, 11) is 1.70. The lowest BCUT2D eigenvalue weighted by Gasteiger charge is -2.12. The zero-order valence-corrected chi connectivity index (χ0v) is 12.3. The van der Waals surface area contributed by atoms with Crippen molar-refractivity contribution in [3.63, 3.8) is 0 Å². The molecule has 16 heavy (non-hydrogen) atoms. The standard InChI is InChI=1S/C13H19BrOS/c1-3-4-11(9-14)10-16-13-7-5-12(15-2)6-8-13/h5-8,11H,3-4,9-10H2,1-2H3. The van der Waals surface area contributed by atoms with Crippen molar-refractivity contribution in [1.82, 2.24) is 0 Å². The Balaban J connectivity index is 2.40. The molecular formula is C13H19BrOS. The normalized spacial score (nSPS) is 12.4. The van der Waals surface area contributed by atoms with E-state index in [1.54, 1.807) is 7.11 Å². The molecule has 0 aliphatic carbocycles. The van der Waals surface area contributed by atoms with E-state index in [1.807, 2.05) is 23.9 Å². The third kappa shape index (κ3) is 4.79. The monoisotopic (exact) mass is 302 g/mol. The quantitative estimate of drug-likeness (QED) is 0.538. The maximum atomic E-state index is 5.14. The first-order chi connectivity index (χ1) is 7.80. The number of hydrogen-bond acceptors (Lipinski definition) is 2. The molecule has 0 amide bonds. The number of thioether (sulfide) groups is 1. The van der Waals surface area contributed by atoms with Gasteiger partial charge in [0.1, 0.15) is 5.75 Å². The SMILES string of the molecule is CCCC(CBr)CSc1ccc(OC)cc1. The molecule has 0 fully saturated rings. The van der Waals surface area contributed by atoms with Crippen LogP contribution in [-0.2, 0) is 0 Å². The summed E-state index contributed by atoms with van der Waals surface area (Å²) in [4.78, 5) is 1.32. The predicted octanol–water partition coefficient (Wildman–Crippen LogP) is 4.60. The summed E-state index contributed by atoms with van der Waals surface area (Å²) in [5.41, 5.74) is 0. The molecule has 0 saturated heterocycles. The first kappa shape index (κ1) is 13.9. The van der Waals surface area contributed by atoms with Gasteiger partial charge >= 0.3 is 0 Å². The summed E-state index contributed by atoms with van der Waals surface area (Å²) in [5, 5.41) is 1.10. The summed E-state index contributed by atoms with van der Waals surface area (Å²) in [6.45, 7) is 2.24. The molecule has 1 atom stereocenters. The van der Waals surface area contributed by atoms with Crippen LogP contribution in [0.4, 0.5) is 0 Å². The zero-order valence-electron chi connectivity index (χ0n) is 9.91. The van der Waals surface area contributed by atoms with Gasteiger partial charge in [-0.25, -0.2) is 0 Å². The molecule has 0 heterocycles. The summed E-state index contributed by atoms with van der Waals surface area (Å²) < 4.78 is 5.14. The molecule has 1 aromatic rings. The van der Waals surface area contributed by atoms with Gasteiger partial charge < -0.3 is 4.74 Å². The second-order valence-corrected chi connectivity index (χ2v) is 5.54. The summed E-state index contributed by atoms with van der Waals surface area (Å²) in [6, 6.07) is 8.29. The highest BCUT2D eigenvalue weighted by Crippen LogP contribution is 2.25. The van der Waals surface area contributed by atoms with Crippen LogP contribution in [0.5, 0.6) is 5.75 Å². The van der Waals surface area contributed by atoms with E-state index >= 15 is 0 Å². The van der Waals surface area contributed by atoms with Crippen LogP contribution < -0.4 is 4.74 Å². The van der Waals surface area contributed by atoms with Crippen molar-refractivity contribution in [1.29, 1.82) is 0 Å². The number of rotatable bonds is 7. The molecule has 1 aromatic carbocycles. The van der Waals surface area contributed by atoms with E-state index in [0.29, 0.717) is 0 Å². The van der Waals surface area contributed by atoms with E-state index in [1.165, 1.54) is 23.5 Å². The van der Waals surface area contributed by atoms with E-state index in [4.69, 9.17) is 4.74 Å². The van der Waals surface area contributed by atoms with E-state index < -0.39 is 0 Å². The van der Waals surface area contributed by atoms with E-state index in [-0.39, 0.29) is 0 Å². The van der Waals surface area contributed by atoms with Crippen LogP contribution in [0, 0.1) is 5.92 Å². The van der Waals surface area contributed by atoms with Crippen molar-refractivity contribution >= 4 is 27.7 Å². The van der Waals surface area contributed by atoms with Crippen molar-refractivity contribution in [2.75, 3.05) is 18.2 Å². The minimum Gasteiger partial charge on any atom is -0.497 e. The van der Waals surface area contributed by atoms with E-state index in [0.717, 1.165) is 17.0 Å². The van der Waals surface area contributed by atoms with Crippen LogP contribution in [-0.4, -0.2) is 18.2 Å². The number of benzene rings is 1. The van der Waals surface area contributed by atoms with E-state index in [2.05, 4.69) is 35.0 Å². The van der Waals surface area contributed by atoms with Gasteiger partial charge in [0.2, 0.25) is 0 Å². The molecule has 1 unspecified atom stereocenters. The maximum absolute atomic E-state index is 5.14. The molecule has 0 aliphatic rings. The average Bonchev–Trinajstić information content (AvgIpc) is 2.35. The Kier molecular flexibility index (Phi) is 6.97. The Morgan fingerprint density at radius 3 is 2.50 bits per heavy atom. The van der Waals surface area contributed by atoms with Crippen LogP contribution in [0.2, 0.25) is 0 Å². The zero-order chi connectivity index (χ0) is 11.8. The number of alkyl halides is 1. The van der Waals surface area contributed by atoms with Gasteiger partial charge in [-0.3, -0.25) is 0 Å². The highest BCUT2D eigenvalue weighted by Gasteiger charge is 2.06. The largest absolute Gasteiger partial charge is 0.497 e. The Morgan fingerprint density at radius 1 is 1.31 bits per heavy atom. The van der Waals surface area contributed by atoms with Crippen LogP contribution in [0.3, 0.4) is 0 Å². The second kappa shape index (κ2) is 8.02. The third-order valence-electron chi connectivity index (χ3n) is 2.46. The minimum absolute atomic E-state index is 0.775. The Labute approximate surface area is 111 Å². The van der Waals surface area contributed by atoms with Crippen LogP contribution in [0.1, 0.15) is 19.8 Å². The fourth-order valence-corrected chi connectivity index (χ4v) is 3.40. The van der Waals surface area contributed by atoms with Crippen molar-refractivity contribution in [3.8, 4) is 5.75 Å². The van der Waals surface area contributed by atoms with Crippen molar-refractivity contribution in [2.45, 2.75) is 24.7 Å². The number of halogens is 1. The lowest BCUT2D eigenvalue weighted by molar-refractivity contribution is 0.414. The maximum Gasteiger partial charge on any atom is 0.118 e. The molecule has 0 radical (unpaired) electrons. The minimum atomic E-state index is 0.775. The highest BCUT2D eigenvalue weighted by molar-refractivity contribution is 9.09. The second-order valence-electron chi connectivity index (χ2n) is 3.80. The fourth-order valence-electron chi connectivity index (χ4n) is 1.50. The summed E-state index contributed by atoms with van der Waals surface area (Å²) in [5.74, 6) is 2.89. The van der Waals surface area contributed by atoms with Crippen LogP contribution in [0.25, 0.3) is 0 Å². The molecule has 0 bridgehead atoms. The van der Waals surface area contributed by atoms with E-state index in [9.17, 15) is 0 Å². The Morgan fingerprint density at radius 2 is 2.00 bits per heavy atom. The third-order valence-corrected chi connectivity index (χ3v) is 4.62. The first-order valence-electron chi connectivity index (χ1n) is 5.63. The van der Waals surface area contributed by atoms with Gasteiger partial charge in [-0.15, -0.1) is 11.8 Å². The molecule has 0 aromatic heterocycles. The van der Waals surface area contributed by atoms with Gasteiger partial charge in [-0.2, -0.15) is 0 Å². The molecule has 0 N–H and O–H groups in total. The summed E-state index contributed by atoms with van der Waals surface area (Å²) >= 11 is 5.51. The average molecular weight is 303 g/mol. The van der Waals surface area contributed by atoms with Crippen molar-refractivity contribution in [3.05, 3.63) is 24.3 Å². The molecule has 3 heteroatoms. The molecule has 0 aliphatic heterocycles. The number of hydrogen-bond donors (Lipinski definition) is 0. The van der Waals surface area contributed by atoms with Gasteiger partial charge in [-0.05, 0) is 36.6 Å². The molecule has 0 saturated carbocycles. The number of ether oxygens (including phenoxy) is 1. The molecular weight excluding hydrogens is 284 g/mol. The summed E-state index contributed by atoms with van der Waals surface area (Å²) in [6.07, 6.45) is 2.56. The van der Waals surface area contributed by atoms with Crippen LogP contribution >= 0.6 is 27.7 Å². The fraction of sp³-hybridized carbons (Fsp3) is 0.538. The lowest BCUT2D eigenvalue weighted by atomic mass is 10.1. The molecule has 1 rings (SSSR count). The Hall–Kier alpha value is -0.150. The van der Waals surface area contributed by atoms with Gasteiger partial charge in [0.05, 0.1) is 7.11 Å². The van der Waals surface area contributed by atoms with Gasteiger partial charge in [0, 0.05) is 16.0 Å². The van der Waals surface area contributed by atoms with Gasteiger partial charge in [0.15, 0.2) is 0 Å². The van der Waals surface area contributed by atoms with Crippen molar-refractivity contribution < 1.29 is 4.74 Å². The first-order valence-corrected chi connectivity index (χ1v) is 7.73. The molecule has 0 spiro atoms. The van der Waals surface area contributed by atoms with Crippen molar-refractivity contribution in [2.24, 2.45) is 5.92 Å². The number of methoxy groups -OCH3 is 1. The Bertz CT molecular complexity index is 286. The molecule has 1 nitrogen and oxygen atoms in total. The van der Waals surface area contributed by atoms with Gasteiger partial charge in [-0.1, -0.05) is 29.3 Å². The van der Waals surface area contributed by atoms with Crippen LogP contribution in [0.15, 0.2) is 29.2 Å². The highest BCUT2D eigenvalue weighted by atomic mass is 79.9. The predicted molar refractivity (Wildman–Crippen MR) is 75.9 cm³/mol. The lowest BCUT2D eigenvalue weighted by Crippen LogP contribution is -2.04.